The zero-order chi connectivity index (χ0) is 12.0. The summed E-state index contributed by atoms with van der Waals surface area (Å²) in [4.78, 5) is 22.4. The lowest BCUT2D eigenvalue weighted by Gasteiger charge is -2.23. The summed E-state index contributed by atoms with van der Waals surface area (Å²) in [7, 11) is -3.62. The molecule has 0 unspecified atom stereocenters. The van der Waals surface area contributed by atoms with E-state index in [0.717, 1.165) is 0 Å². The van der Waals surface area contributed by atoms with E-state index < -0.39 is 7.37 Å². The molecule has 2 aromatic rings. The van der Waals surface area contributed by atoms with Crippen molar-refractivity contribution in [2.45, 2.75) is 0 Å². The number of carbonyl (C=O) groups excluding carboxylic acids is 1. The third-order valence-corrected chi connectivity index (χ3v) is 5.04. The maximum atomic E-state index is 12.4. The van der Waals surface area contributed by atoms with Gasteiger partial charge in [-0.3, -0.25) is 9.36 Å². The Hall–Kier alpha value is -1.70. The quantitative estimate of drug-likeness (QED) is 0.713. The van der Waals surface area contributed by atoms with Crippen LogP contribution in [-0.2, 0) is 4.57 Å². The van der Waals surface area contributed by atoms with Crippen LogP contribution in [0.4, 0.5) is 0 Å². The maximum absolute atomic E-state index is 12.4. The van der Waals surface area contributed by atoms with Gasteiger partial charge >= 0.3 is 0 Å². The second kappa shape index (κ2) is 3.39. The third kappa shape index (κ3) is 1.33. The van der Waals surface area contributed by atoms with E-state index in [1.807, 2.05) is 0 Å². The fourth-order valence-corrected chi connectivity index (χ4v) is 3.98. The van der Waals surface area contributed by atoms with E-state index in [2.05, 4.69) is 0 Å². The van der Waals surface area contributed by atoms with Crippen molar-refractivity contribution in [3.63, 3.8) is 0 Å². The Morgan fingerprint density at radius 3 is 1.71 bits per heavy atom. The highest BCUT2D eigenvalue weighted by molar-refractivity contribution is 7.74. The van der Waals surface area contributed by atoms with Gasteiger partial charge in [0.2, 0.25) is 0 Å². The summed E-state index contributed by atoms with van der Waals surface area (Å²) in [5.74, 6) is -0.184. The average Bonchev–Trinajstić information content (AvgIpc) is 2.37. The topological polar surface area (TPSA) is 54.4 Å². The highest BCUT2D eigenvalue weighted by atomic mass is 31.2. The Labute approximate surface area is 98.2 Å². The number of ketones is 1. The smallest absolute Gasteiger partial charge is 0.260 e. The fraction of sp³-hybridized carbons (Fsp3) is 0. The van der Waals surface area contributed by atoms with Gasteiger partial charge in [0.25, 0.3) is 7.37 Å². The minimum absolute atomic E-state index is 0.184. The van der Waals surface area contributed by atoms with Crippen molar-refractivity contribution in [3.05, 3.63) is 59.7 Å². The maximum Gasteiger partial charge on any atom is 0.260 e. The lowest BCUT2D eigenvalue weighted by Crippen LogP contribution is -2.32. The van der Waals surface area contributed by atoms with Crippen molar-refractivity contribution in [2.75, 3.05) is 0 Å². The number of rotatable bonds is 0. The van der Waals surface area contributed by atoms with Gasteiger partial charge in [0.1, 0.15) is 0 Å². The van der Waals surface area contributed by atoms with Gasteiger partial charge in [-0.25, -0.2) is 0 Å². The molecule has 0 spiro atoms. The predicted octanol–water partition coefficient (Wildman–Crippen LogP) is 1.45. The van der Waals surface area contributed by atoms with Gasteiger partial charge in [0.15, 0.2) is 5.78 Å². The van der Waals surface area contributed by atoms with Crippen LogP contribution in [0.3, 0.4) is 0 Å². The molecule has 1 aliphatic rings. The number of carbonyl (C=O) groups is 1. The number of hydrogen-bond acceptors (Lipinski definition) is 2. The van der Waals surface area contributed by atoms with E-state index in [1.54, 1.807) is 48.5 Å². The highest BCUT2D eigenvalue weighted by Crippen LogP contribution is 2.43. The number of fused-ring (bicyclic) bond motifs is 2. The third-order valence-electron chi connectivity index (χ3n) is 2.95. The summed E-state index contributed by atoms with van der Waals surface area (Å²) in [6.07, 6.45) is 0. The van der Waals surface area contributed by atoms with Gasteiger partial charge in [-0.1, -0.05) is 36.4 Å². The second-order valence-corrected chi connectivity index (χ2v) is 6.06. The van der Waals surface area contributed by atoms with E-state index in [9.17, 15) is 14.3 Å². The van der Waals surface area contributed by atoms with E-state index in [-0.39, 0.29) is 16.4 Å². The SMILES string of the molecule is O=C1c2ccccc2P(=O)(O)c2ccccc21. The van der Waals surface area contributed by atoms with Crippen LogP contribution < -0.4 is 10.6 Å². The van der Waals surface area contributed by atoms with E-state index in [4.69, 9.17) is 0 Å². The molecule has 3 nitrogen and oxygen atoms in total. The normalized spacial score (nSPS) is 16.2. The zero-order valence-corrected chi connectivity index (χ0v) is 9.72. The highest BCUT2D eigenvalue weighted by Gasteiger charge is 2.37. The van der Waals surface area contributed by atoms with Gasteiger partial charge in [-0.2, -0.15) is 0 Å². The second-order valence-electron chi connectivity index (χ2n) is 3.94. The fourth-order valence-electron chi connectivity index (χ4n) is 2.13. The molecular formula is C13H9O3P. The Balaban J connectivity index is 2.42. The van der Waals surface area contributed by atoms with Crippen molar-refractivity contribution in [1.29, 1.82) is 0 Å². The summed E-state index contributed by atoms with van der Waals surface area (Å²) in [6.45, 7) is 0. The molecule has 84 valence electrons. The standard InChI is InChI=1S/C13H9O3P/c14-13-9-5-1-3-7-11(9)17(15,16)12-8-4-2-6-10(12)13/h1-8H,(H,15,16). The van der Waals surface area contributed by atoms with Crippen LogP contribution in [0.25, 0.3) is 0 Å². The molecule has 0 saturated carbocycles. The van der Waals surface area contributed by atoms with Crippen molar-refractivity contribution in [2.24, 2.45) is 0 Å². The number of benzene rings is 2. The summed E-state index contributed by atoms with van der Waals surface area (Å²) >= 11 is 0. The van der Waals surface area contributed by atoms with Gasteiger partial charge in [0, 0.05) is 11.1 Å². The first kappa shape index (κ1) is 10.5. The first-order valence-electron chi connectivity index (χ1n) is 5.19. The molecule has 3 rings (SSSR count). The molecule has 0 atom stereocenters. The molecule has 0 bridgehead atoms. The average molecular weight is 244 g/mol. The van der Waals surface area contributed by atoms with Crippen LogP contribution in [0.15, 0.2) is 48.5 Å². The lowest BCUT2D eigenvalue weighted by atomic mass is 10.0. The molecule has 0 aromatic heterocycles. The molecule has 0 amide bonds. The Bertz CT molecular complexity index is 622. The minimum Gasteiger partial charge on any atom is -0.338 e. The van der Waals surface area contributed by atoms with Gasteiger partial charge in [-0.15, -0.1) is 0 Å². The van der Waals surface area contributed by atoms with Crippen molar-refractivity contribution >= 4 is 23.8 Å². The van der Waals surface area contributed by atoms with E-state index in [1.165, 1.54) is 0 Å². The molecule has 0 aliphatic carbocycles. The summed E-state index contributed by atoms with van der Waals surface area (Å²) in [6, 6.07) is 13.0. The monoisotopic (exact) mass is 244 g/mol. The molecule has 0 fully saturated rings. The zero-order valence-electron chi connectivity index (χ0n) is 8.83. The predicted molar refractivity (Wildman–Crippen MR) is 65.4 cm³/mol. The molecule has 1 N–H and O–H groups in total. The lowest BCUT2D eigenvalue weighted by molar-refractivity contribution is 0.103. The van der Waals surface area contributed by atoms with Crippen LogP contribution in [-0.4, -0.2) is 10.7 Å². The van der Waals surface area contributed by atoms with Gasteiger partial charge in [0.05, 0.1) is 10.6 Å². The van der Waals surface area contributed by atoms with Crippen LogP contribution >= 0.6 is 7.37 Å². The summed E-state index contributed by atoms with van der Waals surface area (Å²) in [5, 5.41) is 0.479. The molecule has 1 heterocycles. The Morgan fingerprint density at radius 2 is 1.24 bits per heavy atom. The van der Waals surface area contributed by atoms with Crippen molar-refractivity contribution in [1.82, 2.24) is 0 Å². The Morgan fingerprint density at radius 1 is 0.824 bits per heavy atom. The van der Waals surface area contributed by atoms with Gasteiger partial charge in [-0.05, 0) is 12.1 Å². The first-order chi connectivity index (χ1) is 8.12. The van der Waals surface area contributed by atoms with Crippen LogP contribution in [0.5, 0.6) is 0 Å². The molecule has 2 aromatic carbocycles. The van der Waals surface area contributed by atoms with Crippen LogP contribution in [0.2, 0.25) is 0 Å². The number of hydrogen-bond donors (Lipinski definition) is 1. The van der Waals surface area contributed by atoms with E-state index in [0.29, 0.717) is 11.1 Å². The molecule has 0 radical (unpaired) electrons. The molecule has 0 saturated heterocycles. The van der Waals surface area contributed by atoms with Gasteiger partial charge < -0.3 is 4.89 Å². The first-order valence-corrected chi connectivity index (χ1v) is 6.85. The summed E-state index contributed by atoms with van der Waals surface area (Å²) in [5.41, 5.74) is 0.661. The Kier molecular flexibility index (Phi) is 2.09. The van der Waals surface area contributed by atoms with E-state index >= 15 is 0 Å². The molecular weight excluding hydrogens is 235 g/mol. The molecule has 1 aliphatic heterocycles. The van der Waals surface area contributed by atoms with Crippen molar-refractivity contribution in [3.8, 4) is 0 Å². The van der Waals surface area contributed by atoms with Crippen LogP contribution in [0.1, 0.15) is 15.9 Å². The molecule has 17 heavy (non-hydrogen) atoms. The van der Waals surface area contributed by atoms with Crippen LogP contribution in [0, 0.1) is 0 Å². The minimum atomic E-state index is -3.62. The summed E-state index contributed by atoms with van der Waals surface area (Å²) < 4.78 is 12.4. The van der Waals surface area contributed by atoms with Crippen molar-refractivity contribution < 1.29 is 14.3 Å². The largest absolute Gasteiger partial charge is 0.338 e. The molecule has 4 heteroatoms.